The van der Waals surface area contributed by atoms with E-state index in [9.17, 15) is 4.79 Å². The number of anilines is 1. The van der Waals surface area contributed by atoms with Crippen molar-refractivity contribution >= 4 is 11.7 Å². The van der Waals surface area contributed by atoms with Gasteiger partial charge in [-0.15, -0.1) is 0 Å². The van der Waals surface area contributed by atoms with E-state index in [0.717, 1.165) is 5.69 Å². The zero-order chi connectivity index (χ0) is 10.3. The summed E-state index contributed by atoms with van der Waals surface area (Å²) in [4.78, 5) is 9.57. The summed E-state index contributed by atoms with van der Waals surface area (Å²) < 4.78 is 0. The van der Waals surface area contributed by atoms with Gasteiger partial charge in [-0.05, 0) is 19.1 Å². The minimum Gasteiger partial charge on any atom is -0.480 e. The molecule has 0 bridgehead atoms. The van der Waals surface area contributed by atoms with Gasteiger partial charge in [0, 0.05) is 5.69 Å². The number of nitrogen functional groups attached to an aromatic ring is 1. The molecule has 0 fully saturated rings. The third kappa shape index (κ3) is 6.83. The number of hydrogen-bond acceptors (Lipinski definition) is 3. The van der Waals surface area contributed by atoms with Gasteiger partial charge in [0.2, 0.25) is 0 Å². The molecule has 1 atom stereocenters. The standard InChI is InChI=1S/C6H7N.C3H7NO2/c7-6-4-2-1-3-5-6;1-2(4)3(5)6/h1-5H,7H2;2H,4H2,1H3,(H,5,6). The molecule has 4 heteroatoms. The van der Waals surface area contributed by atoms with Crippen LogP contribution in [-0.4, -0.2) is 17.1 Å². The number of nitrogens with two attached hydrogens (primary N) is 2. The summed E-state index contributed by atoms with van der Waals surface area (Å²) in [5, 5.41) is 7.87. The van der Waals surface area contributed by atoms with E-state index < -0.39 is 12.0 Å². The maximum Gasteiger partial charge on any atom is 0.320 e. The van der Waals surface area contributed by atoms with E-state index in [2.05, 4.69) is 0 Å². The van der Waals surface area contributed by atoms with Crippen LogP contribution in [0.15, 0.2) is 30.3 Å². The van der Waals surface area contributed by atoms with E-state index in [-0.39, 0.29) is 0 Å². The van der Waals surface area contributed by atoms with Gasteiger partial charge in [0.1, 0.15) is 6.04 Å². The van der Waals surface area contributed by atoms with Crippen LogP contribution in [0.2, 0.25) is 0 Å². The first kappa shape index (κ1) is 11.4. The van der Waals surface area contributed by atoms with Crippen molar-refractivity contribution in [1.29, 1.82) is 0 Å². The van der Waals surface area contributed by atoms with E-state index in [1.807, 2.05) is 30.3 Å². The molecular formula is C9H14N2O2. The van der Waals surface area contributed by atoms with E-state index in [4.69, 9.17) is 16.6 Å². The predicted octanol–water partition coefficient (Wildman–Crippen LogP) is 0.687. The Balaban J connectivity index is 0.000000226. The molecule has 0 spiro atoms. The maximum absolute atomic E-state index is 9.57. The zero-order valence-corrected chi connectivity index (χ0v) is 7.47. The van der Waals surface area contributed by atoms with E-state index in [1.54, 1.807) is 0 Å². The summed E-state index contributed by atoms with van der Waals surface area (Å²) in [6.07, 6.45) is 0. The van der Waals surface area contributed by atoms with Gasteiger partial charge in [0.25, 0.3) is 0 Å². The molecule has 1 aromatic carbocycles. The number of carbonyl (C=O) groups is 1. The zero-order valence-electron chi connectivity index (χ0n) is 7.47. The lowest BCUT2D eigenvalue weighted by Gasteiger charge is -1.90. The van der Waals surface area contributed by atoms with Crippen molar-refractivity contribution in [2.75, 3.05) is 5.73 Å². The Kier molecular flexibility index (Phi) is 5.30. The first-order valence-corrected chi connectivity index (χ1v) is 3.83. The van der Waals surface area contributed by atoms with Crippen LogP contribution in [0.5, 0.6) is 0 Å². The number of para-hydroxylation sites is 1. The van der Waals surface area contributed by atoms with Gasteiger partial charge in [0.15, 0.2) is 0 Å². The number of carboxylic acid groups (broad SMARTS) is 1. The first-order chi connectivity index (χ1) is 6.04. The topological polar surface area (TPSA) is 89.3 Å². The molecule has 0 aromatic heterocycles. The Bertz CT molecular complexity index is 247. The van der Waals surface area contributed by atoms with Crippen molar-refractivity contribution in [3.63, 3.8) is 0 Å². The molecule has 4 nitrogen and oxygen atoms in total. The van der Waals surface area contributed by atoms with Crippen LogP contribution < -0.4 is 11.5 Å². The smallest absolute Gasteiger partial charge is 0.320 e. The normalized spacial score (nSPS) is 10.9. The van der Waals surface area contributed by atoms with Gasteiger partial charge >= 0.3 is 5.97 Å². The van der Waals surface area contributed by atoms with Gasteiger partial charge in [0.05, 0.1) is 0 Å². The van der Waals surface area contributed by atoms with Gasteiger partial charge in [-0.3, -0.25) is 4.79 Å². The second kappa shape index (κ2) is 6.02. The molecule has 13 heavy (non-hydrogen) atoms. The van der Waals surface area contributed by atoms with Crippen LogP contribution in [0.3, 0.4) is 0 Å². The monoisotopic (exact) mass is 182 g/mol. The van der Waals surface area contributed by atoms with Crippen LogP contribution in [-0.2, 0) is 4.79 Å². The van der Waals surface area contributed by atoms with Crippen molar-refractivity contribution < 1.29 is 9.90 Å². The fraction of sp³-hybridized carbons (Fsp3) is 0.222. The Hall–Kier alpha value is -1.55. The molecule has 0 saturated heterocycles. The molecule has 72 valence electrons. The van der Waals surface area contributed by atoms with E-state index in [1.165, 1.54) is 6.92 Å². The van der Waals surface area contributed by atoms with Crippen LogP contribution in [0.1, 0.15) is 6.92 Å². The highest BCUT2D eigenvalue weighted by molar-refractivity contribution is 5.72. The van der Waals surface area contributed by atoms with Crippen LogP contribution in [0, 0.1) is 0 Å². The number of carboxylic acids is 1. The van der Waals surface area contributed by atoms with Gasteiger partial charge < -0.3 is 16.6 Å². The molecule has 5 N–H and O–H groups in total. The summed E-state index contributed by atoms with van der Waals surface area (Å²) in [5.74, 6) is -0.963. The fourth-order valence-corrected chi connectivity index (χ4v) is 0.453. The third-order valence-electron chi connectivity index (χ3n) is 1.19. The molecular weight excluding hydrogens is 168 g/mol. The Morgan fingerprint density at radius 1 is 1.38 bits per heavy atom. The average molecular weight is 182 g/mol. The molecule has 0 aliphatic heterocycles. The Morgan fingerprint density at radius 3 is 1.92 bits per heavy atom. The second-order valence-electron chi connectivity index (χ2n) is 2.54. The van der Waals surface area contributed by atoms with Gasteiger partial charge in [-0.2, -0.15) is 0 Å². The van der Waals surface area contributed by atoms with Crippen molar-refractivity contribution in [1.82, 2.24) is 0 Å². The summed E-state index contributed by atoms with van der Waals surface area (Å²) in [6, 6.07) is 8.76. The van der Waals surface area contributed by atoms with Crippen LogP contribution in [0.4, 0.5) is 5.69 Å². The van der Waals surface area contributed by atoms with Crippen molar-refractivity contribution in [3.05, 3.63) is 30.3 Å². The number of benzene rings is 1. The third-order valence-corrected chi connectivity index (χ3v) is 1.19. The summed E-state index contributed by atoms with van der Waals surface area (Å²) in [6.45, 7) is 1.42. The van der Waals surface area contributed by atoms with Crippen molar-refractivity contribution in [2.24, 2.45) is 5.73 Å². The average Bonchev–Trinajstić information content (AvgIpc) is 2.06. The SMILES string of the molecule is CC(N)C(=O)O.Nc1ccccc1. The minimum absolute atomic E-state index is 0.731. The second-order valence-corrected chi connectivity index (χ2v) is 2.54. The molecule has 0 saturated carbocycles. The quantitative estimate of drug-likeness (QED) is 0.557. The molecule has 0 heterocycles. The Morgan fingerprint density at radius 2 is 1.77 bits per heavy atom. The lowest BCUT2D eigenvalue weighted by molar-refractivity contribution is -0.138. The summed E-state index contributed by atoms with van der Waals surface area (Å²) in [7, 11) is 0. The van der Waals surface area contributed by atoms with E-state index in [0.29, 0.717) is 0 Å². The molecule has 1 unspecified atom stereocenters. The lowest BCUT2D eigenvalue weighted by Crippen LogP contribution is -2.25. The summed E-state index contributed by atoms with van der Waals surface area (Å²) >= 11 is 0. The summed E-state index contributed by atoms with van der Waals surface area (Å²) in [5.41, 5.74) is 11.0. The van der Waals surface area contributed by atoms with Gasteiger partial charge in [-0.25, -0.2) is 0 Å². The highest BCUT2D eigenvalue weighted by Crippen LogP contribution is 1.95. The van der Waals surface area contributed by atoms with Crippen molar-refractivity contribution in [2.45, 2.75) is 13.0 Å². The predicted molar refractivity (Wildman–Crippen MR) is 52.1 cm³/mol. The van der Waals surface area contributed by atoms with Crippen LogP contribution >= 0.6 is 0 Å². The fourth-order valence-electron chi connectivity index (χ4n) is 0.453. The molecule has 0 aliphatic carbocycles. The number of aliphatic carboxylic acids is 1. The van der Waals surface area contributed by atoms with Crippen molar-refractivity contribution in [3.8, 4) is 0 Å². The molecule has 0 radical (unpaired) electrons. The highest BCUT2D eigenvalue weighted by Gasteiger charge is 1.99. The lowest BCUT2D eigenvalue weighted by atomic mass is 10.3. The molecule has 0 amide bonds. The number of hydrogen-bond donors (Lipinski definition) is 3. The number of rotatable bonds is 1. The highest BCUT2D eigenvalue weighted by atomic mass is 16.4. The first-order valence-electron chi connectivity index (χ1n) is 3.83. The molecule has 1 aromatic rings. The molecule has 0 aliphatic rings. The van der Waals surface area contributed by atoms with E-state index >= 15 is 0 Å². The molecule has 1 rings (SSSR count). The minimum atomic E-state index is -0.963. The Labute approximate surface area is 77.2 Å². The maximum atomic E-state index is 9.57. The van der Waals surface area contributed by atoms with Crippen LogP contribution in [0.25, 0.3) is 0 Å². The largest absolute Gasteiger partial charge is 0.480 e. The van der Waals surface area contributed by atoms with Gasteiger partial charge in [-0.1, -0.05) is 18.2 Å².